The van der Waals surface area contributed by atoms with Crippen molar-refractivity contribution in [2.75, 3.05) is 13.6 Å². The third kappa shape index (κ3) is 3.73. The highest BCUT2D eigenvalue weighted by atomic mass is 19.2. The number of carbonyl (C=O) groups excluding carboxylic acids is 1. The summed E-state index contributed by atoms with van der Waals surface area (Å²) in [6.07, 6.45) is 0. The molecule has 0 bridgehead atoms. The molecule has 106 valence electrons. The van der Waals surface area contributed by atoms with Crippen LogP contribution in [0.15, 0.2) is 18.2 Å². The maximum absolute atomic E-state index is 13.6. The fourth-order valence-corrected chi connectivity index (χ4v) is 1.79. The quantitative estimate of drug-likeness (QED) is 0.862. The van der Waals surface area contributed by atoms with Gasteiger partial charge in [-0.3, -0.25) is 4.79 Å². The van der Waals surface area contributed by atoms with Gasteiger partial charge in [0.05, 0.1) is 5.41 Å². The van der Waals surface area contributed by atoms with E-state index in [-0.39, 0.29) is 17.5 Å². The second kappa shape index (κ2) is 6.10. The molecule has 0 radical (unpaired) electrons. The number of rotatable bonds is 5. The molecule has 1 amide bonds. The van der Waals surface area contributed by atoms with Crippen molar-refractivity contribution < 1.29 is 13.6 Å². The van der Waals surface area contributed by atoms with E-state index in [2.05, 4.69) is 10.6 Å². The molecule has 0 saturated heterocycles. The normalized spacial score (nSPS) is 13.2. The minimum absolute atomic E-state index is 0.105. The number of benzene rings is 1. The van der Waals surface area contributed by atoms with Crippen molar-refractivity contribution >= 4 is 5.91 Å². The maximum atomic E-state index is 13.6. The molecule has 0 heterocycles. The molecule has 0 aliphatic heterocycles. The Hall–Kier alpha value is -1.49. The molecule has 1 atom stereocenters. The van der Waals surface area contributed by atoms with E-state index < -0.39 is 17.0 Å². The summed E-state index contributed by atoms with van der Waals surface area (Å²) in [6, 6.07) is 3.71. The Bertz CT molecular complexity index is 461. The second-order valence-corrected chi connectivity index (χ2v) is 5.21. The SMILES string of the molecule is CNC(=O)C(C)(C)CNC(C)c1cccc(F)c1F. The molecule has 0 aliphatic rings. The fraction of sp³-hybridized carbons (Fsp3) is 0.500. The molecule has 2 N–H and O–H groups in total. The van der Waals surface area contributed by atoms with E-state index in [4.69, 9.17) is 0 Å². The van der Waals surface area contributed by atoms with Crippen LogP contribution in [0.4, 0.5) is 8.78 Å². The lowest BCUT2D eigenvalue weighted by Crippen LogP contribution is -2.42. The Morgan fingerprint density at radius 1 is 1.37 bits per heavy atom. The minimum Gasteiger partial charge on any atom is -0.359 e. The minimum atomic E-state index is -0.864. The van der Waals surface area contributed by atoms with Gasteiger partial charge in [0.1, 0.15) is 0 Å². The molecule has 1 rings (SSSR count). The summed E-state index contributed by atoms with van der Waals surface area (Å²) < 4.78 is 26.7. The number of nitrogens with one attached hydrogen (secondary N) is 2. The number of hydrogen-bond acceptors (Lipinski definition) is 2. The number of halogens is 2. The molecule has 0 spiro atoms. The lowest BCUT2D eigenvalue weighted by Gasteiger charge is -2.25. The molecule has 0 aliphatic carbocycles. The molecule has 0 saturated carbocycles. The first-order valence-corrected chi connectivity index (χ1v) is 6.19. The van der Waals surface area contributed by atoms with E-state index >= 15 is 0 Å². The van der Waals surface area contributed by atoms with Gasteiger partial charge in [-0.15, -0.1) is 0 Å². The first-order chi connectivity index (χ1) is 8.79. The Labute approximate surface area is 112 Å². The zero-order valence-electron chi connectivity index (χ0n) is 11.7. The largest absolute Gasteiger partial charge is 0.359 e. The van der Waals surface area contributed by atoms with Gasteiger partial charge in [0, 0.05) is 25.2 Å². The van der Waals surface area contributed by atoms with E-state index in [1.165, 1.54) is 12.1 Å². The van der Waals surface area contributed by atoms with Gasteiger partial charge in [-0.05, 0) is 26.8 Å². The van der Waals surface area contributed by atoms with Gasteiger partial charge < -0.3 is 10.6 Å². The molecule has 19 heavy (non-hydrogen) atoms. The lowest BCUT2D eigenvalue weighted by molar-refractivity contribution is -0.128. The molecule has 0 fully saturated rings. The number of carbonyl (C=O) groups is 1. The molecule has 1 aromatic carbocycles. The average Bonchev–Trinajstić information content (AvgIpc) is 2.38. The molecule has 0 aromatic heterocycles. The van der Waals surface area contributed by atoms with Crippen molar-refractivity contribution in [1.82, 2.24) is 10.6 Å². The Balaban J connectivity index is 2.73. The second-order valence-electron chi connectivity index (χ2n) is 5.21. The Morgan fingerprint density at radius 3 is 2.58 bits per heavy atom. The van der Waals surface area contributed by atoms with Gasteiger partial charge in [-0.2, -0.15) is 0 Å². The molecule has 5 heteroatoms. The fourth-order valence-electron chi connectivity index (χ4n) is 1.79. The van der Waals surface area contributed by atoms with Gasteiger partial charge in [0.2, 0.25) is 5.91 Å². The van der Waals surface area contributed by atoms with Gasteiger partial charge in [-0.1, -0.05) is 12.1 Å². The molecule has 3 nitrogen and oxygen atoms in total. The topological polar surface area (TPSA) is 41.1 Å². The van der Waals surface area contributed by atoms with Crippen LogP contribution in [0.3, 0.4) is 0 Å². The lowest BCUT2D eigenvalue weighted by atomic mass is 9.91. The van der Waals surface area contributed by atoms with Crippen molar-refractivity contribution in [2.45, 2.75) is 26.8 Å². The van der Waals surface area contributed by atoms with Crippen molar-refractivity contribution in [2.24, 2.45) is 5.41 Å². The van der Waals surface area contributed by atoms with Crippen LogP contribution in [0.1, 0.15) is 32.4 Å². The summed E-state index contributed by atoms with van der Waals surface area (Å²) in [5, 5.41) is 5.63. The third-order valence-electron chi connectivity index (χ3n) is 3.14. The van der Waals surface area contributed by atoms with Gasteiger partial charge >= 0.3 is 0 Å². The molecule has 1 unspecified atom stereocenters. The van der Waals surface area contributed by atoms with E-state index in [1.54, 1.807) is 27.8 Å². The van der Waals surface area contributed by atoms with Crippen LogP contribution in [0.2, 0.25) is 0 Å². The highest BCUT2D eigenvalue weighted by molar-refractivity contribution is 5.81. The van der Waals surface area contributed by atoms with Crippen molar-refractivity contribution in [3.05, 3.63) is 35.4 Å². The van der Waals surface area contributed by atoms with Gasteiger partial charge in [0.15, 0.2) is 11.6 Å². The monoisotopic (exact) mass is 270 g/mol. The highest BCUT2D eigenvalue weighted by Crippen LogP contribution is 2.21. The maximum Gasteiger partial charge on any atom is 0.226 e. The Kier molecular flexibility index (Phi) is 5.00. The van der Waals surface area contributed by atoms with Crippen LogP contribution in [-0.2, 0) is 4.79 Å². The standard InChI is InChI=1S/C14H20F2N2O/c1-9(10-6-5-7-11(15)12(10)16)18-8-14(2,3)13(19)17-4/h5-7,9,18H,8H2,1-4H3,(H,17,19). The highest BCUT2D eigenvalue weighted by Gasteiger charge is 2.27. The van der Waals surface area contributed by atoms with E-state index in [0.29, 0.717) is 6.54 Å². The zero-order valence-corrected chi connectivity index (χ0v) is 11.7. The van der Waals surface area contributed by atoms with Crippen LogP contribution in [-0.4, -0.2) is 19.5 Å². The molecular formula is C14H20F2N2O. The van der Waals surface area contributed by atoms with Gasteiger partial charge in [-0.25, -0.2) is 8.78 Å². The smallest absolute Gasteiger partial charge is 0.226 e. The first kappa shape index (κ1) is 15.6. The zero-order chi connectivity index (χ0) is 14.6. The predicted octanol–water partition coefficient (Wildman–Crippen LogP) is 2.39. The van der Waals surface area contributed by atoms with E-state index in [9.17, 15) is 13.6 Å². The van der Waals surface area contributed by atoms with Crippen molar-refractivity contribution in [3.8, 4) is 0 Å². The van der Waals surface area contributed by atoms with Crippen LogP contribution >= 0.6 is 0 Å². The van der Waals surface area contributed by atoms with Gasteiger partial charge in [0.25, 0.3) is 0 Å². The number of hydrogen-bond donors (Lipinski definition) is 2. The molecular weight excluding hydrogens is 250 g/mol. The van der Waals surface area contributed by atoms with Crippen LogP contribution in [0.25, 0.3) is 0 Å². The van der Waals surface area contributed by atoms with Crippen LogP contribution in [0.5, 0.6) is 0 Å². The average molecular weight is 270 g/mol. The number of amides is 1. The van der Waals surface area contributed by atoms with E-state index in [1.807, 2.05) is 0 Å². The van der Waals surface area contributed by atoms with Crippen LogP contribution in [0, 0.1) is 17.0 Å². The summed E-state index contributed by atoms with van der Waals surface area (Å²) in [6.45, 7) is 5.67. The summed E-state index contributed by atoms with van der Waals surface area (Å²) in [4.78, 5) is 11.6. The first-order valence-electron chi connectivity index (χ1n) is 6.19. The third-order valence-corrected chi connectivity index (χ3v) is 3.14. The predicted molar refractivity (Wildman–Crippen MR) is 70.6 cm³/mol. The summed E-state index contributed by atoms with van der Waals surface area (Å²) >= 11 is 0. The Morgan fingerprint density at radius 2 is 2.00 bits per heavy atom. The summed E-state index contributed by atoms with van der Waals surface area (Å²) in [5.41, 5.74) is -0.361. The van der Waals surface area contributed by atoms with Crippen LogP contribution < -0.4 is 10.6 Å². The summed E-state index contributed by atoms with van der Waals surface area (Å²) in [5.74, 6) is -1.82. The van der Waals surface area contributed by atoms with Crippen molar-refractivity contribution in [3.63, 3.8) is 0 Å². The summed E-state index contributed by atoms with van der Waals surface area (Å²) in [7, 11) is 1.57. The van der Waals surface area contributed by atoms with Crippen molar-refractivity contribution in [1.29, 1.82) is 0 Å². The van der Waals surface area contributed by atoms with E-state index in [0.717, 1.165) is 6.07 Å². The molecule has 1 aromatic rings.